The summed E-state index contributed by atoms with van der Waals surface area (Å²) >= 11 is 1.41. The molecule has 0 saturated carbocycles. The fraction of sp³-hybridized carbons (Fsp3) is 0.353. The van der Waals surface area contributed by atoms with Crippen LogP contribution in [0.15, 0.2) is 35.1 Å². The molecule has 24 heavy (non-hydrogen) atoms. The molecular formula is C17H21N5OS. The average Bonchev–Trinajstić information content (AvgIpc) is 3.05. The highest BCUT2D eigenvalue weighted by molar-refractivity contribution is 7.05. The SMILES string of the molecule is Cc1nnsc1CN(C)Cc1c(C)n(C)n(-c2ccccc2)c1=O. The van der Waals surface area contributed by atoms with Crippen molar-refractivity contribution in [3.05, 3.63) is 62.5 Å². The highest BCUT2D eigenvalue weighted by atomic mass is 32.1. The summed E-state index contributed by atoms with van der Waals surface area (Å²) in [5, 5.41) is 4.04. The molecular weight excluding hydrogens is 322 g/mol. The largest absolute Gasteiger partial charge is 0.297 e. The van der Waals surface area contributed by atoms with Crippen LogP contribution in [0, 0.1) is 13.8 Å². The maximum Gasteiger partial charge on any atom is 0.276 e. The summed E-state index contributed by atoms with van der Waals surface area (Å²) in [6, 6.07) is 9.72. The summed E-state index contributed by atoms with van der Waals surface area (Å²) in [6.45, 7) is 5.28. The van der Waals surface area contributed by atoms with Crippen molar-refractivity contribution in [2.45, 2.75) is 26.9 Å². The first kappa shape index (κ1) is 16.6. The summed E-state index contributed by atoms with van der Waals surface area (Å²) in [5.74, 6) is 0. The molecule has 0 spiro atoms. The summed E-state index contributed by atoms with van der Waals surface area (Å²) in [7, 11) is 3.93. The predicted octanol–water partition coefficient (Wildman–Crippen LogP) is 2.28. The van der Waals surface area contributed by atoms with Crippen LogP contribution in [0.3, 0.4) is 0 Å². The van der Waals surface area contributed by atoms with Gasteiger partial charge in [0.2, 0.25) is 0 Å². The van der Waals surface area contributed by atoms with Crippen molar-refractivity contribution in [1.82, 2.24) is 23.9 Å². The molecule has 3 aromatic rings. The van der Waals surface area contributed by atoms with Crippen LogP contribution in [0.1, 0.15) is 21.8 Å². The van der Waals surface area contributed by atoms with Gasteiger partial charge in [-0.2, -0.15) is 0 Å². The highest BCUT2D eigenvalue weighted by Gasteiger charge is 2.18. The van der Waals surface area contributed by atoms with E-state index in [-0.39, 0.29) is 5.56 Å². The van der Waals surface area contributed by atoms with E-state index < -0.39 is 0 Å². The lowest BCUT2D eigenvalue weighted by atomic mass is 10.2. The molecule has 1 aromatic carbocycles. The van der Waals surface area contributed by atoms with Crippen molar-refractivity contribution in [2.75, 3.05) is 7.05 Å². The number of rotatable bonds is 5. The van der Waals surface area contributed by atoms with E-state index in [1.807, 2.05) is 63.0 Å². The van der Waals surface area contributed by atoms with Crippen LogP contribution in [0.25, 0.3) is 5.69 Å². The first-order valence-corrected chi connectivity index (χ1v) is 8.55. The third-order valence-electron chi connectivity index (χ3n) is 4.26. The van der Waals surface area contributed by atoms with E-state index in [0.717, 1.165) is 34.1 Å². The van der Waals surface area contributed by atoms with Gasteiger partial charge in [0.15, 0.2) is 0 Å². The van der Waals surface area contributed by atoms with Crippen LogP contribution in [0.4, 0.5) is 0 Å². The maximum atomic E-state index is 12.9. The van der Waals surface area contributed by atoms with Gasteiger partial charge in [-0.1, -0.05) is 22.7 Å². The van der Waals surface area contributed by atoms with Gasteiger partial charge in [-0.25, -0.2) is 4.68 Å². The Bertz CT molecular complexity index is 894. The number of hydrogen-bond donors (Lipinski definition) is 0. The molecule has 0 aliphatic carbocycles. The fourth-order valence-corrected chi connectivity index (χ4v) is 3.49. The Morgan fingerprint density at radius 3 is 2.50 bits per heavy atom. The van der Waals surface area contributed by atoms with Crippen molar-refractivity contribution >= 4 is 11.5 Å². The molecule has 2 aromatic heterocycles. The first-order valence-electron chi connectivity index (χ1n) is 7.78. The van der Waals surface area contributed by atoms with Gasteiger partial charge in [0.1, 0.15) is 0 Å². The van der Waals surface area contributed by atoms with Crippen LogP contribution in [-0.2, 0) is 20.1 Å². The van der Waals surface area contributed by atoms with E-state index in [4.69, 9.17) is 0 Å². The third kappa shape index (κ3) is 3.05. The average molecular weight is 343 g/mol. The van der Waals surface area contributed by atoms with E-state index in [0.29, 0.717) is 6.54 Å². The minimum atomic E-state index is 0.0344. The fourth-order valence-electron chi connectivity index (χ4n) is 2.77. The summed E-state index contributed by atoms with van der Waals surface area (Å²) in [5.41, 5.74) is 3.67. The van der Waals surface area contributed by atoms with Gasteiger partial charge in [0.25, 0.3) is 5.56 Å². The lowest BCUT2D eigenvalue weighted by Crippen LogP contribution is -2.25. The number of benzene rings is 1. The van der Waals surface area contributed by atoms with Crippen molar-refractivity contribution in [3.63, 3.8) is 0 Å². The molecule has 0 radical (unpaired) electrons. The van der Waals surface area contributed by atoms with Crippen molar-refractivity contribution in [2.24, 2.45) is 7.05 Å². The smallest absolute Gasteiger partial charge is 0.276 e. The Kier molecular flexibility index (Phi) is 4.64. The molecule has 0 unspecified atom stereocenters. The molecule has 0 amide bonds. The predicted molar refractivity (Wildman–Crippen MR) is 95.6 cm³/mol. The molecule has 0 N–H and O–H groups in total. The van der Waals surface area contributed by atoms with E-state index in [1.165, 1.54) is 11.5 Å². The van der Waals surface area contributed by atoms with Gasteiger partial charge < -0.3 is 0 Å². The van der Waals surface area contributed by atoms with Crippen molar-refractivity contribution < 1.29 is 0 Å². The van der Waals surface area contributed by atoms with Crippen molar-refractivity contribution in [1.29, 1.82) is 0 Å². The Hall–Kier alpha value is -2.25. The molecule has 0 atom stereocenters. The monoisotopic (exact) mass is 343 g/mol. The first-order chi connectivity index (χ1) is 11.5. The third-order valence-corrected chi connectivity index (χ3v) is 5.07. The van der Waals surface area contributed by atoms with Crippen LogP contribution < -0.4 is 5.56 Å². The minimum absolute atomic E-state index is 0.0344. The molecule has 3 rings (SSSR count). The van der Waals surface area contributed by atoms with Gasteiger partial charge in [0.05, 0.1) is 21.8 Å². The molecule has 0 saturated heterocycles. The second kappa shape index (κ2) is 6.70. The van der Waals surface area contributed by atoms with Gasteiger partial charge in [-0.15, -0.1) is 5.10 Å². The topological polar surface area (TPSA) is 56.0 Å². The molecule has 0 fully saturated rings. The molecule has 126 valence electrons. The zero-order valence-corrected chi connectivity index (χ0v) is 15.2. The lowest BCUT2D eigenvalue weighted by Gasteiger charge is -2.14. The number of nitrogens with zero attached hydrogens (tertiary/aromatic N) is 5. The van der Waals surface area contributed by atoms with E-state index in [1.54, 1.807) is 4.68 Å². The number of para-hydroxylation sites is 1. The Labute approximate surface area is 145 Å². The molecule has 7 heteroatoms. The lowest BCUT2D eigenvalue weighted by molar-refractivity contribution is 0.319. The molecule has 0 aliphatic heterocycles. The summed E-state index contributed by atoms with van der Waals surface area (Å²) in [6.07, 6.45) is 0. The molecule has 0 aliphatic rings. The summed E-state index contributed by atoms with van der Waals surface area (Å²) < 4.78 is 7.61. The number of hydrogen-bond acceptors (Lipinski definition) is 5. The number of aryl methyl sites for hydroxylation is 1. The van der Waals surface area contributed by atoms with Crippen LogP contribution >= 0.6 is 11.5 Å². The van der Waals surface area contributed by atoms with E-state index in [9.17, 15) is 4.79 Å². The molecule has 0 bridgehead atoms. The van der Waals surface area contributed by atoms with Gasteiger partial charge in [-0.05, 0) is 44.6 Å². The van der Waals surface area contributed by atoms with Crippen LogP contribution in [0.2, 0.25) is 0 Å². The van der Waals surface area contributed by atoms with Crippen LogP contribution in [-0.4, -0.2) is 30.9 Å². The Balaban J connectivity index is 1.89. The molecule has 2 heterocycles. The zero-order valence-electron chi connectivity index (χ0n) is 14.4. The molecule has 6 nitrogen and oxygen atoms in total. The second-order valence-electron chi connectivity index (χ2n) is 5.99. The van der Waals surface area contributed by atoms with Crippen molar-refractivity contribution in [3.8, 4) is 5.69 Å². The highest BCUT2D eigenvalue weighted by Crippen LogP contribution is 2.15. The quantitative estimate of drug-likeness (QED) is 0.713. The Morgan fingerprint density at radius 1 is 1.17 bits per heavy atom. The van der Waals surface area contributed by atoms with Gasteiger partial charge >= 0.3 is 0 Å². The van der Waals surface area contributed by atoms with Gasteiger partial charge in [0, 0.05) is 25.8 Å². The standard InChI is InChI=1S/C17H21N5OS/c1-12-16(24-19-18-12)11-20(3)10-15-13(2)21(4)22(17(15)23)14-8-6-5-7-9-14/h5-9H,10-11H2,1-4H3. The van der Waals surface area contributed by atoms with E-state index in [2.05, 4.69) is 14.5 Å². The van der Waals surface area contributed by atoms with Gasteiger partial charge in [-0.3, -0.25) is 14.4 Å². The Morgan fingerprint density at radius 2 is 1.88 bits per heavy atom. The minimum Gasteiger partial charge on any atom is -0.297 e. The summed E-state index contributed by atoms with van der Waals surface area (Å²) in [4.78, 5) is 16.2. The van der Waals surface area contributed by atoms with Crippen LogP contribution in [0.5, 0.6) is 0 Å². The maximum absolute atomic E-state index is 12.9. The second-order valence-corrected chi connectivity index (χ2v) is 6.83. The zero-order chi connectivity index (χ0) is 17.3. The van der Waals surface area contributed by atoms with E-state index >= 15 is 0 Å². The normalized spacial score (nSPS) is 11.4. The number of aromatic nitrogens is 4.